The molecular formula is C17H23N9O. The molecule has 0 aromatic carbocycles. The van der Waals surface area contributed by atoms with E-state index < -0.39 is 0 Å². The maximum atomic E-state index is 5.77. The van der Waals surface area contributed by atoms with E-state index in [1.165, 1.54) is 0 Å². The topological polar surface area (TPSA) is 115 Å². The van der Waals surface area contributed by atoms with Gasteiger partial charge in [-0.2, -0.15) is 15.1 Å². The van der Waals surface area contributed by atoms with Crippen molar-refractivity contribution in [1.82, 2.24) is 34.8 Å². The van der Waals surface area contributed by atoms with E-state index >= 15 is 0 Å². The van der Waals surface area contributed by atoms with Crippen LogP contribution < -0.4 is 10.6 Å². The fourth-order valence-corrected chi connectivity index (χ4v) is 3.16. The van der Waals surface area contributed by atoms with Crippen LogP contribution in [0.5, 0.6) is 0 Å². The molecule has 0 unspecified atom stereocenters. The third-order valence-electron chi connectivity index (χ3n) is 4.45. The zero-order valence-electron chi connectivity index (χ0n) is 15.5. The second-order valence-corrected chi connectivity index (χ2v) is 6.68. The van der Waals surface area contributed by atoms with E-state index in [1.54, 1.807) is 12.3 Å². The van der Waals surface area contributed by atoms with Gasteiger partial charge in [-0.15, -0.1) is 0 Å². The van der Waals surface area contributed by atoms with Gasteiger partial charge in [-0.25, -0.2) is 4.98 Å². The summed E-state index contributed by atoms with van der Waals surface area (Å²) >= 11 is 0. The van der Waals surface area contributed by atoms with Crippen LogP contribution in [0, 0.1) is 0 Å². The van der Waals surface area contributed by atoms with Crippen LogP contribution in [-0.2, 0) is 32.6 Å². The number of rotatable bonds is 6. The van der Waals surface area contributed by atoms with Crippen molar-refractivity contribution < 1.29 is 4.52 Å². The van der Waals surface area contributed by atoms with Gasteiger partial charge < -0.3 is 15.2 Å². The molecule has 2 N–H and O–H groups in total. The van der Waals surface area contributed by atoms with Crippen LogP contribution >= 0.6 is 0 Å². The van der Waals surface area contributed by atoms with Crippen molar-refractivity contribution in [1.29, 1.82) is 0 Å². The second-order valence-electron chi connectivity index (χ2n) is 6.68. The van der Waals surface area contributed by atoms with Gasteiger partial charge in [0.1, 0.15) is 5.82 Å². The molecule has 0 fully saturated rings. The maximum Gasteiger partial charge on any atom is 0.227 e. The molecule has 0 radical (unpaired) electrons. The van der Waals surface area contributed by atoms with Crippen molar-refractivity contribution in [2.24, 2.45) is 0 Å². The molecule has 0 aliphatic carbocycles. The third kappa shape index (κ3) is 3.90. The number of anilines is 2. The van der Waals surface area contributed by atoms with Crippen LogP contribution in [0.4, 0.5) is 11.8 Å². The molecule has 10 heteroatoms. The van der Waals surface area contributed by atoms with Gasteiger partial charge >= 0.3 is 0 Å². The van der Waals surface area contributed by atoms with E-state index in [9.17, 15) is 0 Å². The summed E-state index contributed by atoms with van der Waals surface area (Å²) in [5.74, 6) is 2.50. The van der Waals surface area contributed by atoms with Crippen molar-refractivity contribution in [3.05, 3.63) is 41.4 Å². The molecule has 27 heavy (non-hydrogen) atoms. The quantitative estimate of drug-likeness (QED) is 0.675. The molecule has 4 heterocycles. The number of aryl methyl sites for hydroxylation is 1. The van der Waals surface area contributed by atoms with Crippen LogP contribution in [0.3, 0.4) is 0 Å². The van der Waals surface area contributed by atoms with Crippen molar-refractivity contribution in [3.63, 3.8) is 0 Å². The van der Waals surface area contributed by atoms with Gasteiger partial charge in [-0.05, 0) is 19.2 Å². The van der Waals surface area contributed by atoms with Gasteiger partial charge in [0, 0.05) is 25.7 Å². The molecule has 142 valence electrons. The summed E-state index contributed by atoms with van der Waals surface area (Å²) < 4.78 is 7.21. The summed E-state index contributed by atoms with van der Waals surface area (Å²) in [6.07, 6.45) is 2.43. The third-order valence-corrected chi connectivity index (χ3v) is 4.45. The van der Waals surface area contributed by atoms with Crippen LogP contribution in [0.25, 0.3) is 0 Å². The lowest BCUT2D eigenvalue weighted by atomic mass is 10.3. The molecule has 1 aliphatic rings. The Morgan fingerprint density at radius 1 is 1.26 bits per heavy atom. The number of nitrogens with zero attached hydrogens (tertiary/aromatic N) is 8. The first kappa shape index (κ1) is 17.4. The van der Waals surface area contributed by atoms with Crippen molar-refractivity contribution in [2.75, 3.05) is 24.2 Å². The first-order chi connectivity index (χ1) is 13.1. The molecule has 0 saturated heterocycles. The molecule has 1 aliphatic heterocycles. The zero-order chi connectivity index (χ0) is 18.8. The average Bonchev–Trinajstić information content (AvgIpc) is 3.26. The highest BCUT2D eigenvalue weighted by Gasteiger charge is 2.21. The van der Waals surface area contributed by atoms with E-state index in [0.29, 0.717) is 43.1 Å². The average molecular weight is 369 g/mol. The predicted octanol–water partition coefficient (Wildman–Crippen LogP) is 0.853. The molecular weight excluding hydrogens is 346 g/mol. The molecule has 0 saturated carbocycles. The van der Waals surface area contributed by atoms with Crippen LogP contribution in [0.15, 0.2) is 22.9 Å². The summed E-state index contributed by atoms with van der Waals surface area (Å²) in [5.41, 5.74) is 7.93. The minimum absolute atomic E-state index is 0.481. The molecule has 0 atom stereocenters. The summed E-state index contributed by atoms with van der Waals surface area (Å²) in [6.45, 7) is 5.64. The molecule has 10 nitrogen and oxygen atoms in total. The smallest absolute Gasteiger partial charge is 0.227 e. The van der Waals surface area contributed by atoms with Crippen LogP contribution in [0.2, 0.25) is 0 Å². The SMILES string of the molecule is CCc1nc(CN(C)Cc2cc3n(n2)CCN(c2nccc(N)n2)C3)no1. The number of aromatic nitrogens is 6. The molecule has 0 bridgehead atoms. The van der Waals surface area contributed by atoms with Crippen molar-refractivity contribution >= 4 is 11.8 Å². The first-order valence-corrected chi connectivity index (χ1v) is 9.00. The van der Waals surface area contributed by atoms with Gasteiger partial charge in [0.2, 0.25) is 11.8 Å². The van der Waals surface area contributed by atoms with E-state index in [2.05, 4.69) is 40.7 Å². The predicted molar refractivity (Wildman–Crippen MR) is 98.6 cm³/mol. The number of hydrogen-bond acceptors (Lipinski definition) is 9. The molecule has 0 spiro atoms. The lowest BCUT2D eigenvalue weighted by molar-refractivity contribution is 0.295. The standard InChI is InChI=1S/C17H23N9O/c1-3-16-21-15(23-27-16)11-24(2)9-12-8-13-10-25(6-7-26(13)22-12)17-19-5-4-14(18)20-17/h4-5,8H,3,6-7,9-11H2,1-2H3,(H2,18,19,20). The highest BCUT2D eigenvalue weighted by molar-refractivity contribution is 5.39. The van der Waals surface area contributed by atoms with Crippen molar-refractivity contribution in [3.8, 4) is 0 Å². The molecule has 0 amide bonds. The normalized spacial score (nSPS) is 14.0. The van der Waals surface area contributed by atoms with Gasteiger partial charge in [-0.1, -0.05) is 12.1 Å². The fourth-order valence-electron chi connectivity index (χ4n) is 3.16. The number of nitrogens with two attached hydrogens (primary N) is 1. The summed E-state index contributed by atoms with van der Waals surface area (Å²) in [4.78, 5) is 17.2. The Hall–Kier alpha value is -3.01. The van der Waals surface area contributed by atoms with E-state index in [-0.39, 0.29) is 0 Å². The van der Waals surface area contributed by atoms with Gasteiger partial charge in [0.15, 0.2) is 5.82 Å². The Morgan fingerprint density at radius 3 is 2.93 bits per heavy atom. The molecule has 3 aromatic rings. The Balaban J connectivity index is 1.40. The van der Waals surface area contributed by atoms with Gasteiger partial charge in [0.05, 0.1) is 31.0 Å². The Morgan fingerprint density at radius 2 is 2.15 bits per heavy atom. The zero-order valence-corrected chi connectivity index (χ0v) is 15.5. The largest absolute Gasteiger partial charge is 0.384 e. The van der Waals surface area contributed by atoms with Crippen LogP contribution in [0.1, 0.15) is 30.0 Å². The maximum absolute atomic E-state index is 5.77. The lowest BCUT2D eigenvalue weighted by Crippen LogP contribution is -2.35. The highest BCUT2D eigenvalue weighted by atomic mass is 16.5. The van der Waals surface area contributed by atoms with Crippen molar-refractivity contribution in [2.45, 2.75) is 39.5 Å². The van der Waals surface area contributed by atoms with E-state index in [4.69, 9.17) is 15.4 Å². The molecule has 4 rings (SSSR count). The Labute approximate surface area is 157 Å². The summed E-state index contributed by atoms with van der Waals surface area (Å²) in [5, 5.41) is 8.72. The monoisotopic (exact) mass is 369 g/mol. The van der Waals surface area contributed by atoms with E-state index in [1.807, 2.05) is 14.0 Å². The number of nitrogen functional groups attached to an aromatic ring is 1. The summed E-state index contributed by atoms with van der Waals surface area (Å²) in [7, 11) is 2.02. The first-order valence-electron chi connectivity index (χ1n) is 9.00. The Kier molecular flexibility index (Phi) is 4.71. The fraction of sp³-hybridized carbons (Fsp3) is 0.471. The number of fused-ring (bicyclic) bond motifs is 1. The number of hydrogen-bond donors (Lipinski definition) is 1. The highest BCUT2D eigenvalue weighted by Crippen LogP contribution is 2.19. The van der Waals surface area contributed by atoms with Crippen LogP contribution in [-0.4, -0.2) is 48.4 Å². The molecule has 3 aromatic heterocycles. The van der Waals surface area contributed by atoms with E-state index in [0.717, 1.165) is 30.9 Å². The van der Waals surface area contributed by atoms with Gasteiger partial charge in [0.25, 0.3) is 0 Å². The lowest BCUT2D eigenvalue weighted by Gasteiger charge is -2.27. The minimum atomic E-state index is 0.481. The Bertz CT molecular complexity index is 919. The minimum Gasteiger partial charge on any atom is -0.384 e. The second kappa shape index (κ2) is 7.31. The summed E-state index contributed by atoms with van der Waals surface area (Å²) in [6, 6.07) is 3.82. The van der Waals surface area contributed by atoms with Gasteiger partial charge in [-0.3, -0.25) is 9.58 Å².